The number of rotatable bonds is 1. The van der Waals surface area contributed by atoms with Crippen LogP contribution < -0.4 is 0 Å². The second-order valence-corrected chi connectivity index (χ2v) is 4.37. The maximum absolute atomic E-state index is 5.80. The standard InChI is InChI=1S/C9H9ClN2/c10-8-1-7(11-5-12-8)9-2-6(3-9)4-9/h1,5-6H,2-4H2. The molecule has 0 aliphatic heterocycles. The minimum Gasteiger partial charge on any atom is -0.241 e. The van der Waals surface area contributed by atoms with Gasteiger partial charge in [0.15, 0.2) is 0 Å². The van der Waals surface area contributed by atoms with Crippen molar-refractivity contribution >= 4 is 11.6 Å². The van der Waals surface area contributed by atoms with Crippen LogP contribution in [0, 0.1) is 5.92 Å². The van der Waals surface area contributed by atoms with Gasteiger partial charge >= 0.3 is 0 Å². The van der Waals surface area contributed by atoms with Gasteiger partial charge in [0.2, 0.25) is 0 Å². The number of nitrogens with zero attached hydrogens (tertiary/aromatic N) is 2. The lowest BCUT2D eigenvalue weighted by atomic mass is 9.43. The number of hydrogen-bond donors (Lipinski definition) is 0. The summed E-state index contributed by atoms with van der Waals surface area (Å²) in [6, 6.07) is 1.91. The summed E-state index contributed by atoms with van der Waals surface area (Å²) in [5.41, 5.74) is 1.57. The highest BCUT2D eigenvalue weighted by Gasteiger charge is 2.58. The molecule has 3 heteroatoms. The Balaban J connectivity index is 2.01. The lowest BCUT2D eigenvalue weighted by molar-refractivity contribution is -0.0309. The normalized spacial score (nSPS) is 36.9. The first-order chi connectivity index (χ1) is 5.78. The van der Waals surface area contributed by atoms with Crippen molar-refractivity contribution in [2.24, 2.45) is 5.92 Å². The summed E-state index contributed by atoms with van der Waals surface area (Å²) in [6.07, 6.45) is 5.53. The summed E-state index contributed by atoms with van der Waals surface area (Å²) >= 11 is 5.80. The van der Waals surface area contributed by atoms with Gasteiger partial charge < -0.3 is 0 Å². The topological polar surface area (TPSA) is 25.8 Å². The van der Waals surface area contributed by atoms with E-state index in [0.717, 1.165) is 11.6 Å². The molecular weight excluding hydrogens is 172 g/mol. The van der Waals surface area contributed by atoms with E-state index in [0.29, 0.717) is 10.6 Å². The molecule has 12 heavy (non-hydrogen) atoms. The van der Waals surface area contributed by atoms with Crippen LogP contribution >= 0.6 is 11.6 Å². The molecule has 3 fully saturated rings. The molecule has 0 amide bonds. The van der Waals surface area contributed by atoms with E-state index in [4.69, 9.17) is 11.6 Å². The van der Waals surface area contributed by atoms with Crippen molar-refractivity contribution in [3.8, 4) is 0 Å². The van der Waals surface area contributed by atoms with E-state index in [1.165, 1.54) is 19.3 Å². The Bertz CT molecular complexity index is 320. The smallest absolute Gasteiger partial charge is 0.132 e. The molecule has 0 spiro atoms. The quantitative estimate of drug-likeness (QED) is 0.620. The fourth-order valence-corrected chi connectivity index (χ4v) is 2.56. The van der Waals surface area contributed by atoms with Crippen molar-refractivity contribution in [3.63, 3.8) is 0 Å². The van der Waals surface area contributed by atoms with E-state index in [1.807, 2.05) is 6.07 Å². The van der Waals surface area contributed by atoms with E-state index < -0.39 is 0 Å². The molecule has 3 aliphatic rings. The SMILES string of the molecule is Clc1cc(C23CC(C2)C3)ncn1. The molecule has 2 nitrogen and oxygen atoms in total. The van der Waals surface area contributed by atoms with Crippen LogP contribution in [0.1, 0.15) is 25.0 Å². The molecule has 2 bridgehead atoms. The molecule has 0 atom stereocenters. The van der Waals surface area contributed by atoms with Crippen LogP contribution in [0.25, 0.3) is 0 Å². The average molecular weight is 181 g/mol. The van der Waals surface area contributed by atoms with Gasteiger partial charge in [-0.05, 0) is 31.2 Å². The minimum absolute atomic E-state index is 0.414. The van der Waals surface area contributed by atoms with E-state index in [1.54, 1.807) is 6.33 Å². The van der Waals surface area contributed by atoms with E-state index >= 15 is 0 Å². The zero-order valence-corrected chi connectivity index (χ0v) is 7.38. The minimum atomic E-state index is 0.414. The predicted octanol–water partition coefficient (Wildman–Crippen LogP) is 2.18. The highest BCUT2D eigenvalue weighted by atomic mass is 35.5. The van der Waals surface area contributed by atoms with Crippen LogP contribution in [0.3, 0.4) is 0 Å². The summed E-state index contributed by atoms with van der Waals surface area (Å²) in [5, 5.41) is 0.574. The van der Waals surface area contributed by atoms with Crippen molar-refractivity contribution in [2.75, 3.05) is 0 Å². The molecule has 1 aromatic rings. The van der Waals surface area contributed by atoms with Gasteiger partial charge in [0.1, 0.15) is 11.5 Å². The third-order valence-electron chi connectivity index (χ3n) is 3.22. The van der Waals surface area contributed by atoms with Crippen molar-refractivity contribution in [2.45, 2.75) is 24.7 Å². The van der Waals surface area contributed by atoms with Crippen molar-refractivity contribution in [3.05, 3.63) is 23.2 Å². The van der Waals surface area contributed by atoms with Gasteiger partial charge in [-0.15, -0.1) is 0 Å². The van der Waals surface area contributed by atoms with Crippen LogP contribution in [0.5, 0.6) is 0 Å². The average Bonchev–Trinajstić information content (AvgIpc) is 1.79. The van der Waals surface area contributed by atoms with Crippen molar-refractivity contribution < 1.29 is 0 Å². The van der Waals surface area contributed by atoms with Crippen LogP contribution in [-0.4, -0.2) is 9.97 Å². The van der Waals surface area contributed by atoms with E-state index in [-0.39, 0.29) is 0 Å². The van der Waals surface area contributed by atoms with E-state index in [9.17, 15) is 0 Å². The number of hydrogen-bond acceptors (Lipinski definition) is 2. The summed E-state index contributed by atoms with van der Waals surface area (Å²) < 4.78 is 0. The molecule has 0 aromatic carbocycles. The highest BCUT2D eigenvalue weighted by molar-refractivity contribution is 6.29. The van der Waals surface area contributed by atoms with Gasteiger partial charge in [-0.1, -0.05) is 11.6 Å². The Labute approximate surface area is 76.0 Å². The summed E-state index contributed by atoms with van der Waals surface area (Å²) in [5.74, 6) is 0.985. The predicted molar refractivity (Wildman–Crippen MR) is 46.1 cm³/mol. The lowest BCUT2D eigenvalue weighted by Gasteiger charge is -2.61. The van der Waals surface area contributed by atoms with Gasteiger partial charge in [0, 0.05) is 5.41 Å². The van der Waals surface area contributed by atoms with Gasteiger partial charge in [-0.25, -0.2) is 9.97 Å². The molecule has 1 heterocycles. The molecule has 0 saturated heterocycles. The zero-order chi connectivity index (χ0) is 8.18. The van der Waals surface area contributed by atoms with Gasteiger partial charge in [-0.3, -0.25) is 0 Å². The molecule has 1 aromatic heterocycles. The highest BCUT2D eigenvalue weighted by Crippen LogP contribution is 2.64. The molecule has 62 valence electrons. The Morgan fingerprint density at radius 2 is 2.08 bits per heavy atom. The zero-order valence-electron chi connectivity index (χ0n) is 6.63. The first-order valence-electron chi connectivity index (χ1n) is 4.27. The van der Waals surface area contributed by atoms with Gasteiger partial charge in [0.05, 0.1) is 5.69 Å². The van der Waals surface area contributed by atoms with Crippen LogP contribution in [0.15, 0.2) is 12.4 Å². The van der Waals surface area contributed by atoms with Crippen LogP contribution in [0.2, 0.25) is 5.15 Å². The van der Waals surface area contributed by atoms with Gasteiger partial charge in [-0.2, -0.15) is 0 Å². The second kappa shape index (κ2) is 1.99. The fourth-order valence-electron chi connectivity index (χ4n) is 2.42. The van der Waals surface area contributed by atoms with Crippen LogP contribution in [0.4, 0.5) is 0 Å². The molecule has 4 rings (SSSR count). The Morgan fingerprint density at radius 1 is 1.33 bits per heavy atom. The maximum atomic E-state index is 5.80. The van der Waals surface area contributed by atoms with Crippen molar-refractivity contribution in [1.82, 2.24) is 9.97 Å². The number of aromatic nitrogens is 2. The van der Waals surface area contributed by atoms with E-state index in [2.05, 4.69) is 9.97 Å². The Hall–Kier alpha value is -0.630. The van der Waals surface area contributed by atoms with Crippen molar-refractivity contribution in [1.29, 1.82) is 0 Å². The monoisotopic (exact) mass is 180 g/mol. The largest absolute Gasteiger partial charge is 0.241 e. The molecule has 0 unspecified atom stereocenters. The third kappa shape index (κ3) is 0.712. The summed E-state index contributed by atoms with van der Waals surface area (Å²) in [7, 11) is 0. The first-order valence-corrected chi connectivity index (χ1v) is 4.64. The van der Waals surface area contributed by atoms with Crippen LogP contribution in [-0.2, 0) is 5.41 Å². The molecular formula is C9H9ClN2. The Kier molecular flexibility index (Phi) is 1.14. The Morgan fingerprint density at radius 3 is 2.58 bits per heavy atom. The molecule has 3 aliphatic carbocycles. The molecule has 0 N–H and O–H groups in total. The molecule has 3 saturated carbocycles. The summed E-state index contributed by atoms with van der Waals surface area (Å²) in [6.45, 7) is 0. The summed E-state index contributed by atoms with van der Waals surface area (Å²) in [4.78, 5) is 8.16. The third-order valence-corrected chi connectivity index (χ3v) is 3.42. The lowest BCUT2D eigenvalue weighted by Crippen LogP contribution is -2.55. The first kappa shape index (κ1) is 6.84. The second-order valence-electron chi connectivity index (χ2n) is 3.98. The fraction of sp³-hybridized carbons (Fsp3) is 0.556. The molecule has 0 radical (unpaired) electrons. The van der Waals surface area contributed by atoms with Gasteiger partial charge in [0.25, 0.3) is 0 Å². The maximum Gasteiger partial charge on any atom is 0.132 e. The number of halogens is 1.